The van der Waals surface area contributed by atoms with Crippen molar-refractivity contribution in [1.82, 2.24) is 14.9 Å². The number of rotatable bonds is 2. The predicted molar refractivity (Wildman–Crippen MR) is 82.3 cm³/mol. The summed E-state index contributed by atoms with van der Waals surface area (Å²) in [6, 6.07) is -0.135. The van der Waals surface area contributed by atoms with Crippen LogP contribution in [0.4, 0.5) is 23.4 Å². The smallest absolute Gasteiger partial charge is 0.349 e. The first-order chi connectivity index (χ1) is 11.9. The first kappa shape index (κ1) is 17.9. The molecule has 25 heavy (non-hydrogen) atoms. The van der Waals surface area contributed by atoms with Crippen LogP contribution in [0.2, 0.25) is 0 Å². The number of halogens is 4. The van der Waals surface area contributed by atoms with E-state index in [2.05, 4.69) is 9.97 Å². The Morgan fingerprint density at radius 1 is 1.08 bits per heavy atom. The lowest BCUT2D eigenvalue weighted by Crippen LogP contribution is -2.53. The number of amides is 1. The summed E-state index contributed by atoms with van der Waals surface area (Å²) in [5.41, 5.74) is 0. The molecule has 3 heterocycles. The van der Waals surface area contributed by atoms with E-state index in [0.29, 0.717) is 19.4 Å². The number of hydrogen-bond acceptors (Lipinski definition) is 4. The van der Waals surface area contributed by atoms with E-state index in [1.165, 1.54) is 12.4 Å². The molecule has 0 spiro atoms. The molecule has 9 heteroatoms. The number of hydrogen-bond donors (Lipinski definition) is 0. The highest BCUT2D eigenvalue weighted by atomic mass is 19.4. The van der Waals surface area contributed by atoms with E-state index in [9.17, 15) is 22.4 Å². The maximum absolute atomic E-state index is 14.0. The van der Waals surface area contributed by atoms with Gasteiger partial charge in [0.1, 0.15) is 0 Å². The minimum atomic E-state index is -4.86. The highest BCUT2D eigenvalue weighted by Crippen LogP contribution is 2.34. The first-order valence-electron chi connectivity index (χ1n) is 8.47. The summed E-state index contributed by atoms with van der Waals surface area (Å²) < 4.78 is 52.2. The Kier molecular flexibility index (Phi) is 5.10. The zero-order valence-electron chi connectivity index (χ0n) is 13.7. The monoisotopic (exact) mass is 360 g/mol. The predicted octanol–water partition coefficient (Wildman–Crippen LogP) is 2.78. The van der Waals surface area contributed by atoms with Gasteiger partial charge in [-0.25, -0.2) is 9.97 Å². The van der Waals surface area contributed by atoms with E-state index in [1.54, 1.807) is 0 Å². The van der Waals surface area contributed by atoms with Crippen LogP contribution in [-0.4, -0.2) is 52.6 Å². The van der Waals surface area contributed by atoms with Gasteiger partial charge in [0, 0.05) is 38.1 Å². The van der Waals surface area contributed by atoms with Gasteiger partial charge in [-0.3, -0.25) is 4.79 Å². The standard InChI is InChI=1S/C16H20F4N4O/c17-13-14(22-7-6-21-13)24-9-2-1-5-12(24)11-4-3-8-23(10-11)15(25)16(18,19)20/h6-7,11-12H,1-5,8-10H2. The summed E-state index contributed by atoms with van der Waals surface area (Å²) in [7, 11) is 0. The zero-order chi connectivity index (χ0) is 18.0. The number of carbonyl (C=O) groups excluding carboxylic acids is 1. The van der Waals surface area contributed by atoms with E-state index < -0.39 is 18.0 Å². The summed E-state index contributed by atoms with van der Waals surface area (Å²) in [4.78, 5) is 22.0. The number of nitrogens with zero attached hydrogens (tertiary/aromatic N) is 4. The van der Waals surface area contributed by atoms with Crippen molar-refractivity contribution in [2.75, 3.05) is 24.5 Å². The number of likely N-dealkylation sites (tertiary alicyclic amines) is 1. The van der Waals surface area contributed by atoms with Crippen LogP contribution < -0.4 is 4.90 Å². The van der Waals surface area contributed by atoms with E-state index in [0.717, 1.165) is 24.2 Å². The summed E-state index contributed by atoms with van der Waals surface area (Å²) >= 11 is 0. The van der Waals surface area contributed by atoms with Gasteiger partial charge in [-0.2, -0.15) is 17.6 Å². The largest absolute Gasteiger partial charge is 0.471 e. The Morgan fingerprint density at radius 3 is 2.56 bits per heavy atom. The maximum Gasteiger partial charge on any atom is 0.471 e. The third-order valence-corrected chi connectivity index (χ3v) is 4.99. The molecule has 2 atom stereocenters. The van der Waals surface area contributed by atoms with Crippen molar-refractivity contribution in [2.45, 2.75) is 44.3 Å². The van der Waals surface area contributed by atoms with Crippen molar-refractivity contribution in [1.29, 1.82) is 0 Å². The van der Waals surface area contributed by atoms with Crippen LogP contribution in [0.1, 0.15) is 32.1 Å². The van der Waals surface area contributed by atoms with Crippen LogP contribution >= 0.6 is 0 Å². The SMILES string of the molecule is O=C(N1CCCC(C2CCCCN2c2nccnc2F)C1)C(F)(F)F. The second-order valence-corrected chi connectivity index (χ2v) is 6.58. The van der Waals surface area contributed by atoms with Gasteiger partial charge in [-0.1, -0.05) is 0 Å². The molecule has 1 aromatic rings. The van der Waals surface area contributed by atoms with Gasteiger partial charge in [-0.15, -0.1) is 0 Å². The Labute approximate surface area is 143 Å². The molecule has 0 radical (unpaired) electrons. The van der Waals surface area contributed by atoms with Crippen LogP contribution in [0.5, 0.6) is 0 Å². The van der Waals surface area contributed by atoms with Crippen molar-refractivity contribution in [3.8, 4) is 0 Å². The zero-order valence-corrected chi connectivity index (χ0v) is 13.7. The lowest BCUT2D eigenvalue weighted by molar-refractivity contribution is -0.187. The molecule has 2 unspecified atom stereocenters. The molecule has 0 aliphatic carbocycles. The molecule has 138 valence electrons. The average Bonchev–Trinajstić information content (AvgIpc) is 2.61. The van der Waals surface area contributed by atoms with Gasteiger partial charge in [-0.05, 0) is 38.0 Å². The van der Waals surface area contributed by atoms with Crippen molar-refractivity contribution < 1.29 is 22.4 Å². The van der Waals surface area contributed by atoms with Crippen molar-refractivity contribution in [3.63, 3.8) is 0 Å². The number of piperidine rings is 2. The molecular weight excluding hydrogens is 340 g/mol. The van der Waals surface area contributed by atoms with Gasteiger partial charge in [0.2, 0.25) is 0 Å². The Balaban J connectivity index is 1.78. The summed E-state index contributed by atoms with van der Waals surface area (Å²) in [5, 5.41) is 0. The highest BCUT2D eigenvalue weighted by Gasteiger charge is 2.45. The van der Waals surface area contributed by atoms with Crippen molar-refractivity contribution in [3.05, 3.63) is 18.3 Å². The fourth-order valence-electron chi connectivity index (χ4n) is 3.90. The van der Waals surface area contributed by atoms with Crippen LogP contribution in [0, 0.1) is 11.9 Å². The Bertz CT molecular complexity index is 624. The second-order valence-electron chi connectivity index (χ2n) is 6.58. The summed E-state index contributed by atoms with van der Waals surface area (Å²) in [5.74, 6) is -2.45. The topological polar surface area (TPSA) is 49.3 Å². The number of alkyl halides is 3. The molecular formula is C16H20F4N4O. The van der Waals surface area contributed by atoms with Gasteiger partial charge >= 0.3 is 12.1 Å². The number of anilines is 1. The van der Waals surface area contributed by atoms with Gasteiger partial charge in [0.05, 0.1) is 0 Å². The molecule has 0 saturated carbocycles. The lowest BCUT2D eigenvalue weighted by atomic mass is 9.84. The molecule has 1 amide bonds. The van der Waals surface area contributed by atoms with Gasteiger partial charge < -0.3 is 9.80 Å². The third-order valence-electron chi connectivity index (χ3n) is 4.99. The normalized spacial score (nSPS) is 25.1. The molecule has 0 N–H and O–H groups in total. The molecule has 5 nitrogen and oxygen atoms in total. The highest BCUT2D eigenvalue weighted by molar-refractivity contribution is 5.81. The van der Waals surface area contributed by atoms with E-state index in [4.69, 9.17) is 0 Å². The summed E-state index contributed by atoms with van der Waals surface area (Å²) in [6.45, 7) is 0.743. The van der Waals surface area contributed by atoms with Crippen LogP contribution in [0.25, 0.3) is 0 Å². The lowest BCUT2D eigenvalue weighted by Gasteiger charge is -2.44. The molecule has 2 aliphatic rings. The summed E-state index contributed by atoms with van der Waals surface area (Å²) in [6.07, 6.45) is 1.58. The number of aromatic nitrogens is 2. The van der Waals surface area contributed by atoms with Crippen molar-refractivity contribution in [2.24, 2.45) is 5.92 Å². The third kappa shape index (κ3) is 3.85. The molecule has 2 fully saturated rings. The van der Waals surface area contributed by atoms with E-state index >= 15 is 0 Å². The van der Waals surface area contributed by atoms with Crippen LogP contribution in [0.3, 0.4) is 0 Å². The van der Waals surface area contributed by atoms with Gasteiger partial charge in [0.25, 0.3) is 5.95 Å². The molecule has 0 aromatic carbocycles. The quantitative estimate of drug-likeness (QED) is 0.761. The average molecular weight is 360 g/mol. The molecule has 0 bridgehead atoms. The fourth-order valence-corrected chi connectivity index (χ4v) is 3.90. The van der Waals surface area contributed by atoms with E-state index in [1.807, 2.05) is 4.90 Å². The first-order valence-corrected chi connectivity index (χ1v) is 8.47. The van der Waals surface area contributed by atoms with E-state index in [-0.39, 0.29) is 30.9 Å². The van der Waals surface area contributed by atoms with Crippen LogP contribution in [-0.2, 0) is 4.79 Å². The minimum absolute atomic E-state index is 0.0430. The molecule has 1 aromatic heterocycles. The molecule has 2 aliphatic heterocycles. The second kappa shape index (κ2) is 7.13. The maximum atomic E-state index is 14.0. The molecule has 3 rings (SSSR count). The fraction of sp³-hybridized carbons (Fsp3) is 0.688. The number of carbonyl (C=O) groups is 1. The van der Waals surface area contributed by atoms with Crippen molar-refractivity contribution >= 4 is 11.7 Å². The molecule has 2 saturated heterocycles. The minimum Gasteiger partial charge on any atom is -0.349 e. The Hall–Kier alpha value is -1.93. The van der Waals surface area contributed by atoms with Gasteiger partial charge in [0.15, 0.2) is 5.82 Å². The Morgan fingerprint density at radius 2 is 1.84 bits per heavy atom. The van der Waals surface area contributed by atoms with Crippen LogP contribution in [0.15, 0.2) is 12.4 Å².